The van der Waals surface area contributed by atoms with Crippen LogP contribution in [0.5, 0.6) is 0 Å². The zero-order valence-corrected chi connectivity index (χ0v) is 16.0. The van der Waals surface area contributed by atoms with Crippen LogP contribution in [-0.2, 0) is 14.8 Å². The zero-order chi connectivity index (χ0) is 18.0. The van der Waals surface area contributed by atoms with E-state index in [1.54, 1.807) is 18.2 Å². The Hall–Kier alpha value is -1.74. The molecule has 0 aliphatic heterocycles. The van der Waals surface area contributed by atoms with Crippen molar-refractivity contribution in [2.75, 3.05) is 7.11 Å². The number of nitrogens with one attached hydrogen (secondary N) is 1. The molecule has 1 aliphatic rings. The molecule has 9 heteroatoms. The molecular formula is C17H22ClN3O4S. The van der Waals surface area contributed by atoms with Crippen LogP contribution in [0.3, 0.4) is 0 Å². The molecule has 3 rings (SSSR count). The number of esters is 1. The third-order valence-corrected chi connectivity index (χ3v) is 6.11. The number of nitrogens with zero attached hydrogens (tertiary/aromatic N) is 1. The number of halogens is 1. The first-order chi connectivity index (χ1) is 11.9. The van der Waals surface area contributed by atoms with E-state index in [1.165, 1.54) is 19.4 Å². The molecule has 0 saturated heterocycles. The van der Waals surface area contributed by atoms with Crippen molar-refractivity contribution in [3.8, 4) is 0 Å². The first kappa shape index (κ1) is 20.6. The summed E-state index contributed by atoms with van der Waals surface area (Å²) in [7, 11) is -2.46. The van der Waals surface area contributed by atoms with E-state index < -0.39 is 16.0 Å². The van der Waals surface area contributed by atoms with Gasteiger partial charge < -0.3 is 10.5 Å². The average Bonchev–Trinajstić information content (AvgIpc) is 2.61. The molecule has 0 radical (unpaired) electrons. The Morgan fingerprint density at radius 3 is 2.54 bits per heavy atom. The number of sulfonamides is 1. The maximum Gasteiger partial charge on any atom is 0.357 e. The molecule has 142 valence electrons. The van der Waals surface area contributed by atoms with Crippen molar-refractivity contribution in [2.24, 2.45) is 5.73 Å². The van der Waals surface area contributed by atoms with Crippen molar-refractivity contribution in [2.45, 2.75) is 42.7 Å². The minimum Gasteiger partial charge on any atom is -0.464 e. The number of carbonyl (C=O) groups is 1. The van der Waals surface area contributed by atoms with Gasteiger partial charge in [0.2, 0.25) is 10.0 Å². The lowest BCUT2D eigenvalue weighted by Gasteiger charge is -2.26. The maximum absolute atomic E-state index is 12.9. The summed E-state index contributed by atoms with van der Waals surface area (Å²) in [6, 6.07) is 6.40. The van der Waals surface area contributed by atoms with Gasteiger partial charge in [-0.3, -0.25) is 0 Å². The summed E-state index contributed by atoms with van der Waals surface area (Å²) in [5, 5.41) is 0.890. The molecule has 1 heterocycles. The number of hydrogen-bond acceptors (Lipinski definition) is 6. The molecule has 1 aromatic carbocycles. The first-order valence-electron chi connectivity index (χ1n) is 8.16. The average molecular weight is 400 g/mol. The molecule has 0 bridgehead atoms. The number of rotatable bonds is 4. The van der Waals surface area contributed by atoms with Crippen LogP contribution >= 0.6 is 12.4 Å². The van der Waals surface area contributed by atoms with Gasteiger partial charge in [-0.1, -0.05) is 12.1 Å². The van der Waals surface area contributed by atoms with E-state index in [2.05, 4.69) is 9.71 Å². The Morgan fingerprint density at radius 2 is 1.88 bits per heavy atom. The Kier molecular flexibility index (Phi) is 6.57. The van der Waals surface area contributed by atoms with Crippen molar-refractivity contribution in [1.82, 2.24) is 9.71 Å². The van der Waals surface area contributed by atoms with E-state index in [0.29, 0.717) is 10.8 Å². The normalized spacial score (nSPS) is 20.4. The molecule has 3 N–H and O–H groups in total. The molecule has 7 nitrogen and oxygen atoms in total. The molecule has 0 atom stereocenters. The monoisotopic (exact) mass is 399 g/mol. The second-order valence-electron chi connectivity index (χ2n) is 6.24. The van der Waals surface area contributed by atoms with Gasteiger partial charge >= 0.3 is 5.97 Å². The largest absolute Gasteiger partial charge is 0.464 e. The Balaban J connectivity index is 0.00000243. The standard InChI is InChI=1S/C17H21N3O4S.ClH/c1-24-17(21)16-14-3-2-4-15(13(14)9-10-19-16)25(22,23)20-12-7-5-11(18)6-8-12;/h2-4,9-12,20H,5-8,18H2,1H3;1H. The molecule has 1 fully saturated rings. The summed E-state index contributed by atoms with van der Waals surface area (Å²) in [4.78, 5) is 16.0. The minimum atomic E-state index is -3.72. The summed E-state index contributed by atoms with van der Waals surface area (Å²) < 4.78 is 33.2. The Bertz CT molecular complexity index is 896. The second-order valence-corrected chi connectivity index (χ2v) is 7.92. The van der Waals surface area contributed by atoms with E-state index in [-0.39, 0.29) is 35.1 Å². The van der Waals surface area contributed by atoms with Gasteiger partial charge in [-0.2, -0.15) is 0 Å². The summed E-state index contributed by atoms with van der Waals surface area (Å²) in [5.74, 6) is -0.602. The van der Waals surface area contributed by atoms with Crippen molar-refractivity contribution >= 4 is 39.2 Å². The summed E-state index contributed by atoms with van der Waals surface area (Å²) in [6.07, 6.45) is 4.46. The van der Waals surface area contributed by atoms with Crippen LogP contribution in [-0.4, -0.2) is 38.6 Å². The summed E-state index contributed by atoms with van der Waals surface area (Å²) >= 11 is 0. The summed E-state index contributed by atoms with van der Waals surface area (Å²) in [5.41, 5.74) is 5.97. The molecule has 1 aromatic heterocycles. The lowest BCUT2D eigenvalue weighted by atomic mass is 9.93. The van der Waals surface area contributed by atoms with Crippen LogP contribution < -0.4 is 10.5 Å². The van der Waals surface area contributed by atoms with Crippen LogP contribution in [0, 0.1) is 0 Å². The van der Waals surface area contributed by atoms with E-state index >= 15 is 0 Å². The zero-order valence-electron chi connectivity index (χ0n) is 14.3. The van der Waals surface area contributed by atoms with E-state index in [9.17, 15) is 13.2 Å². The SMILES string of the molecule is COC(=O)c1nccc2c(S(=O)(=O)NC3CCC(N)CC3)cccc12.Cl. The highest BCUT2D eigenvalue weighted by Gasteiger charge is 2.26. The number of benzene rings is 1. The van der Waals surface area contributed by atoms with E-state index in [4.69, 9.17) is 10.5 Å². The number of nitrogens with two attached hydrogens (primary N) is 1. The fourth-order valence-electron chi connectivity index (χ4n) is 3.19. The predicted octanol–water partition coefficient (Wildman–Crippen LogP) is 1.99. The molecule has 0 amide bonds. The predicted molar refractivity (Wildman–Crippen MR) is 101 cm³/mol. The van der Waals surface area contributed by atoms with Crippen LogP contribution in [0.1, 0.15) is 36.2 Å². The fraction of sp³-hybridized carbons (Fsp3) is 0.412. The number of aromatic nitrogens is 1. The number of methoxy groups -OCH3 is 1. The molecule has 2 aromatic rings. The topological polar surface area (TPSA) is 111 Å². The highest BCUT2D eigenvalue weighted by molar-refractivity contribution is 7.89. The van der Waals surface area contributed by atoms with Crippen molar-refractivity contribution in [3.63, 3.8) is 0 Å². The quantitative estimate of drug-likeness (QED) is 0.760. The van der Waals surface area contributed by atoms with Crippen LogP contribution in [0.2, 0.25) is 0 Å². The maximum atomic E-state index is 12.9. The molecule has 1 aliphatic carbocycles. The van der Waals surface area contributed by atoms with Gasteiger partial charge in [-0.05, 0) is 37.8 Å². The molecule has 0 unspecified atom stereocenters. The smallest absolute Gasteiger partial charge is 0.357 e. The van der Waals surface area contributed by atoms with Crippen molar-refractivity contribution in [1.29, 1.82) is 0 Å². The van der Waals surface area contributed by atoms with Crippen LogP contribution in [0.15, 0.2) is 35.4 Å². The Labute approximate surface area is 158 Å². The fourth-order valence-corrected chi connectivity index (χ4v) is 4.72. The van der Waals surface area contributed by atoms with Crippen LogP contribution in [0.4, 0.5) is 0 Å². The van der Waals surface area contributed by atoms with Gasteiger partial charge in [-0.25, -0.2) is 22.9 Å². The number of hydrogen-bond donors (Lipinski definition) is 2. The first-order valence-corrected chi connectivity index (χ1v) is 9.64. The van der Waals surface area contributed by atoms with Crippen molar-refractivity contribution in [3.05, 3.63) is 36.2 Å². The molecule has 26 heavy (non-hydrogen) atoms. The van der Waals surface area contributed by atoms with Crippen LogP contribution in [0.25, 0.3) is 10.8 Å². The number of ether oxygens (including phenoxy) is 1. The highest BCUT2D eigenvalue weighted by Crippen LogP contribution is 2.26. The minimum absolute atomic E-state index is 0. The molecule has 1 saturated carbocycles. The second kappa shape index (κ2) is 8.30. The lowest BCUT2D eigenvalue weighted by molar-refractivity contribution is 0.0596. The van der Waals surface area contributed by atoms with Gasteiger partial charge in [0, 0.05) is 29.1 Å². The number of fused-ring (bicyclic) bond motifs is 1. The number of carbonyl (C=O) groups excluding carboxylic acids is 1. The molecule has 0 spiro atoms. The van der Waals surface area contributed by atoms with Gasteiger partial charge in [0.1, 0.15) is 0 Å². The number of pyridine rings is 1. The summed E-state index contributed by atoms with van der Waals surface area (Å²) in [6.45, 7) is 0. The van der Waals surface area contributed by atoms with Gasteiger partial charge in [-0.15, -0.1) is 12.4 Å². The lowest BCUT2D eigenvalue weighted by Crippen LogP contribution is -2.40. The highest BCUT2D eigenvalue weighted by atomic mass is 35.5. The Morgan fingerprint density at radius 1 is 1.19 bits per heavy atom. The third kappa shape index (κ3) is 4.15. The van der Waals surface area contributed by atoms with Gasteiger partial charge in [0.25, 0.3) is 0 Å². The molecular weight excluding hydrogens is 378 g/mol. The van der Waals surface area contributed by atoms with E-state index in [0.717, 1.165) is 25.7 Å². The van der Waals surface area contributed by atoms with E-state index in [1.807, 2.05) is 0 Å². The van der Waals surface area contributed by atoms with Crippen molar-refractivity contribution < 1.29 is 17.9 Å². The van der Waals surface area contributed by atoms with Gasteiger partial charge in [0.05, 0.1) is 12.0 Å². The van der Waals surface area contributed by atoms with Gasteiger partial charge in [0.15, 0.2) is 5.69 Å². The third-order valence-electron chi connectivity index (χ3n) is 4.53.